The van der Waals surface area contributed by atoms with Crippen molar-refractivity contribution in [1.82, 2.24) is 14.9 Å². The molecule has 4 rings (SSSR count). The van der Waals surface area contributed by atoms with E-state index in [2.05, 4.69) is 15.3 Å². The Morgan fingerprint density at radius 3 is 2.43 bits per heavy atom. The van der Waals surface area contributed by atoms with Gasteiger partial charge in [0.1, 0.15) is 11.4 Å². The number of anilines is 3. The summed E-state index contributed by atoms with van der Waals surface area (Å²) in [4.78, 5) is 49.3. The van der Waals surface area contributed by atoms with Gasteiger partial charge >= 0.3 is 12.0 Å². The summed E-state index contributed by atoms with van der Waals surface area (Å²) in [5.74, 6) is -0.712. The van der Waals surface area contributed by atoms with Crippen molar-refractivity contribution < 1.29 is 19.5 Å². The first-order chi connectivity index (χ1) is 16.5. The van der Waals surface area contributed by atoms with Gasteiger partial charge in [-0.15, -0.1) is 0 Å². The molecule has 1 fully saturated rings. The maximum absolute atomic E-state index is 13.4. The number of carboxylic acids is 1. The second kappa shape index (κ2) is 8.83. The van der Waals surface area contributed by atoms with E-state index in [-0.39, 0.29) is 12.5 Å². The Morgan fingerprint density at radius 2 is 1.80 bits per heavy atom. The van der Waals surface area contributed by atoms with Crippen molar-refractivity contribution in [3.8, 4) is 0 Å². The fourth-order valence-electron chi connectivity index (χ4n) is 3.89. The van der Waals surface area contributed by atoms with Crippen molar-refractivity contribution in [3.05, 3.63) is 78.2 Å². The van der Waals surface area contributed by atoms with E-state index in [0.29, 0.717) is 17.1 Å². The molecule has 2 aromatic heterocycles. The normalized spacial score (nSPS) is 15.4. The van der Waals surface area contributed by atoms with Gasteiger partial charge in [-0.3, -0.25) is 14.6 Å². The van der Waals surface area contributed by atoms with Crippen molar-refractivity contribution in [3.63, 3.8) is 0 Å². The second-order valence-corrected chi connectivity index (χ2v) is 9.46. The number of imide groups is 1. The summed E-state index contributed by atoms with van der Waals surface area (Å²) in [5.41, 5.74) is 0.400. The molecule has 3 aromatic rings. The third-order valence-corrected chi connectivity index (χ3v) is 6.30. The van der Waals surface area contributed by atoms with Crippen LogP contribution < -0.4 is 10.2 Å². The molecular formula is C26H27N5O4. The number of hydrogen-bond acceptors (Lipinski definition) is 6. The Bertz CT molecular complexity index is 1270. The third-order valence-electron chi connectivity index (χ3n) is 6.30. The molecule has 0 bridgehead atoms. The van der Waals surface area contributed by atoms with Crippen LogP contribution in [0.5, 0.6) is 0 Å². The molecule has 9 heteroatoms. The van der Waals surface area contributed by atoms with Crippen LogP contribution in [0.4, 0.5) is 22.0 Å². The Labute approximate surface area is 203 Å². The van der Waals surface area contributed by atoms with E-state index < -0.39 is 23.0 Å². The number of nitrogens with one attached hydrogen (secondary N) is 1. The molecule has 1 aliphatic heterocycles. The number of carbonyl (C=O) groups excluding carboxylic acids is 2. The van der Waals surface area contributed by atoms with Crippen LogP contribution in [0.1, 0.15) is 38.8 Å². The van der Waals surface area contributed by atoms with Gasteiger partial charge in [-0.1, -0.05) is 12.1 Å². The summed E-state index contributed by atoms with van der Waals surface area (Å²) in [6.45, 7) is 6.85. The first-order valence-electron chi connectivity index (χ1n) is 11.1. The van der Waals surface area contributed by atoms with Crippen molar-refractivity contribution in [2.45, 2.75) is 45.2 Å². The maximum atomic E-state index is 13.4. The van der Waals surface area contributed by atoms with Gasteiger partial charge in [0, 0.05) is 18.9 Å². The molecular weight excluding hydrogens is 446 g/mol. The molecule has 0 aliphatic carbocycles. The van der Waals surface area contributed by atoms with E-state index in [0.717, 1.165) is 16.2 Å². The van der Waals surface area contributed by atoms with Gasteiger partial charge in [0.25, 0.3) is 5.91 Å². The molecule has 2 N–H and O–H groups in total. The molecule has 9 nitrogen and oxygen atoms in total. The van der Waals surface area contributed by atoms with E-state index >= 15 is 0 Å². The van der Waals surface area contributed by atoms with Gasteiger partial charge in [0.15, 0.2) is 0 Å². The summed E-state index contributed by atoms with van der Waals surface area (Å²) in [7, 11) is 0. The van der Waals surface area contributed by atoms with Crippen molar-refractivity contribution in [1.29, 1.82) is 0 Å². The minimum absolute atomic E-state index is 0.211. The first kappa shape index (κ1) is 23.9. The molecule has 1 saturated heterocycles. The molecule has 1 aromatic carbocycles. The van der Waals surface area contributed by atoms with Crippen LogP contribution in [0.2, 0.25) is 0 Å². The lowest BCUT2D eigenvalue weighted by Gasteiger charge is -2.27. The highest BCUT2D eigenvalue weighted by Gasteiger charge is 2.51. The SMILES string of the molecule is CC(C)(C(=O)O)c1ccc(N2C(=O)N(Cc3ccnc(Nc4cccnc4)c3)C(C)(C)C2=O)cc1. The largest absolute Gasteiger partial charge is 0.481 e. The lowest BCUT2D eigenvalue weighted by Crippen LogP contribution is -2.43. The minimum Gasteiger partial charge on any atom is -0.481 e. The summed E-state index contributed by atoms with van der Waals surface area (Å²) in [5, 5.41) is 12.6. The number of rotatable bonds is 7. The molecule has 0 atom stereocenters. The first-order valence-corrected chi connectivity index (χ1v) is 11.1. The van der Waals surface area contributed by atoms with Gasteiger partial charge in [0.2, 0.25) is 0 Å². The zero-order chi connectivity index (χ0) is 25.4. The number of amides is 3. The number of carboxylic acid groups (broad SMARTS) is 1. The summed E-state index contributed by atoms with van der Waals surface area (Å²) >= 11 is 0. The Hall–Kier alpha value is -4.27. The number of benzene rings is 1. The van der Waals surface area contributed by atoms with Gasteiger partial charge in [-0.25, -0.2) is 14.7 Å². The number of aliphatic carboxylic acids is 1. The highest BCUT2D eigenvalue weighted by molar-refractivity contribution is 6.22. The molecule has 180 valence electrons. The lowest BCUT2D eigenvalue weighted by atomic mass is 9.85. The second-order valence-electron chi connectivity index (χ2n) is 9.46. The molecule has 3 heterocycles. The van der Waals surface area contributed by atoms with E-state index in [9.17, 15) is 19.5 Å². The summed E-state index contributed by atoms with van der Waals surface area (Å²) < 4.78 is 0. The quantitative estimate of drug-likeness (QED) is 0.491. The van der Waals surface area contributed by atoms with Crippen LogP contribution in [0.25, 0.3) is 0 Å². The van der Waals surface area contributed by atoms with Gasteiger partial charge in [-0.2, -0.15) is 0 Å². The highest BCUT2D eigenvalue weighted by atomic mass is 16.4. The zero-order valence-electron chi connectivity index (χ0n) is 20.0. The molecule has 0 saturated carbocycles. The van der Waals surface area contributed by atoms with Crippen LogP contribution in [-0.4, -0.2) is 43.4 Å². The van der Waals surface area contributed by atoms with Crippen molar-refractivity contribution in [2.24, 2.45) is 0 Å². The van der Waals surface area contributed by atoms with Crippen LogP contribution in [-0.2, 0) is 21.5 Å². The zero-order valence-corrected chi connectivity index (χ0v) is 20.0. The standard InChI is InChI=1S/C26H27N5O4/c1-25(2,23(33)34)18-7-9-20(10-8-18)31-22(32)26(3,4)30(24(31)35)16-17-11-13-28-21(14-17)29-19-6-5-12-27-15-19/h5-15H,16H2,1-4H3,(H,28,29)(H,33,34). The van der Waals surface area contributed by atoms with Gasteiger partial charge in [0.05, 0.1) is 23.0 Å². The Balaban J connectivity index is 1.57. The number of hydrogen-bond donors (Lipinski definition) is 2. The third kappa shape index (κ3) is 4.44. The fraction of sp³-hybridized carbons (Fsp3) is 0.269. The molecule has 3 amide bonds. The van der Waals surface area contributed by atoms with Crippen LogP contribution in [0.3, 0.4) is 0 Å². The number of pyridine rings is 2. The lowest BCUT2D eigenvalue weighted by molar-refractivity contribution is -0.142. The minimum atomic E-state index is -1.09. The van der Waals surface area contributed by atoms with Crippen LogP contribution in [0.15, 0.2) is 67.1 Å². The molecule has 0 unspecified atom stereocenters. The van der Waals surface area contributed by atoms with E-state index in [1.807, 2.05) is 18.2 Å². The van der Waals surface area contributed by atoms with Crippen LogP contribution in [0, 0.1) is 0 Å². The number of carbonyl (C=O) groups is 3. The smallest absolute Gasteiger partial charge is 0.332 e. The van der Waals surface area contributed by atoms with E-state index in [1.165, 1.54) is 4.90 Å². The van der Waals surface area contributed by atoms with E-state index in [4.69, 9.17) is 0 Å². The molecule has 0 spiro atoms. The fourth-order valence-corrected chi connectivity index (χ4v) is 3.89. The number of nitrogens with zero attached hydrogens (tertiary/aromatic N) is 4. The maximum Gasteiger partial charge on any atom is 0.332 e. The highest BCUT2D eigenvalue weighted by Crippen LogP contribution is 2.34. The number of urea groups is 1. The average molecular weight is 474 g/mol. The van der Waals surface area contributed by atoms with Crippen molar-refractivity contribution in [2.75, 3.05) is 10.2 Å². The topological polar surface area (TPSA) is 116 Å². The predicted octanol–water partition coefficient (Wildman–Crippen LogP) is 4.33. The Kier molecular flexibility index (Phi) is 6.02. The Morgan fingerprint density at radius 1 is 1.09 bits per heavy atom. The van der Waals surface area contributed by atoms with Crippen molar-refractivity contribution >= 4 is 35.1 Å². The molecule has 1 aliphatic rings. The van der Waals surface area contributed by atoms with E-state index in [1.54, 1.807) is 76.6 Å². The molecule has 35 heavy (non-hydrogen) atoms. The van der Waals surface area contributed by atoms with Crippen LogP contribution >= 0.6 is 0 Å². The predicted molar refractivity (Wildman–Crippen MR) is 131 cm³/mol. The summed E-state index contributed by atoms with van der Waals surface area (Å²) in [6.07, 6.45) is 5.00. The van der Waals surface area contributed by atoms with Gasteiger partial charge < -0.3 is 15.3 Å². The number of aromatic nitrogens is 2. The summed E-state index contributed by atoms with van der Waals surface area (Å²) in [6, 6.07) is 13.4. The average Bonchev–Trinajstić information content (AvgIpc) is 2.99. The van der Waals surface area contributed by atoms with Gasteiger partial charge in [-0.05, 0) is 75.2 Å². The monoisotopic (exact) mass is 473 g/mol. The molecule has 0 radical (unpaired) electrons.